The molecule has 1 aliphatic heterocycles. The third-order valence-corrected chi connectivity index (χ3v) is 4.63. The van der Waals surface area contributed by atoms with Crippen LogP contribution in [0.25, 0.3) is 11.1 Å². The highest BCUT2D eigenvalue weighted by Gasteiger charge is 2.19. The number of methoxy groups -OCH3 is 2. The zero-order valence-corrected chi connectivity index (χ0v) is 14.7. The molecule has 1 heterocycles. The Labute approximate surface area is 143 Å². The molecular formula is C20H23NO3. The quantitative estimate of drug-likeness (QED) is 0.798. The summed E-state index contributed by atoms with van der Waals surface area (Å²) in [5, 5.41) is 0. The van der Waals surface area contributed by atoms with Crippen molar-refractivity contribution in [3.63, 3.8) is 0 Å². The molecule has 0 unspecified atom stereocenters. The number of hydrogen-bond donors (Lipinski definition) is 0. The summed E-state index contributed by atoms with van der Waals surface area (Å²) in [6, 6.07) is 10.1. The van der Waals surface area contributed by atoms with E-state index >= 15 is 0 Å². The molecule has 4 heteroatoms. The minimum absolute atomic E-state index is 0.00916. The molecule has 0 spiro atoms. The van der Waals surface area contributed by atoms with Gasteiger partial charge >= 0.3 is 0 Å². The molecule has 1 aliphatic rings. The summed E-state index contributed by atoms with van der Waals surface area (Å²) in [7, 11) is 5.34. The number of carbonyl (C=O) groups is 1. The van der Waals surface area contributed by atoms with Crippen molar-refractivity contribution in [2.24, 2.45) is 0 Å². The minimum Gasteiger partial charge on any atom is -0.493 e. The van der Waals surface area contributed by atoms with Gasteiger partial charge in [0.15, 0.2) is 17.3 Å². The summed E-state index contributed by atoms with van der Waals surface area (Å²) in [4.78, 5) is 14.2. The van der Waals surface area contributed by atoms with Gasteiger partial charge in [0, 0.05) is 30.4 Å². The van der Waals surface area contributed by atoms with Crippen molar-refractivity contribution in [3.8, 4) is 22.6 Å². The number of anilines is 1. The Hall–Kier alpha value is -2.49. The normalized spacial score (nSPS) is 13.4. The topological polar surface area (TPSA) is 38.8 Å². The summed E-state index contributed by atoms with van der Waals surface area (Å²) in [6.07, 6.45) is 2.22. The lowest BCUT2D eigenvalue weighted by atomic mass is 9.94. The van der Waals surface area contributed by atoms with Gasteiger partial charge in [0.1, 0.15) is 0 Å². The maximum absolute atomic E-state index is 11.9. The van der Waals surface area contributed by atoms with E-state index in [1.807, 2.05) is 6.07 Å². The number of Topliss-reactive ketones (excluding diaryl/α,β-unsaturated/α-hetero) is 1. The Morgan fingerprint density at radius 2 is 1.92 bits per heavy atom. The lowest BCUT2D eigenvalue weighted by Gasteiger charge is -2.28. The highest BCUT2D eigenvalue weighted by molar-refractivity contribution is 5.97. The Morgan fingerprint density at radius 1 is 1.12 bits per heavy atom. The molecule has 3 rings (SSSR count). The number of nitrogens with zero attached hydrogens (tertiary/aromatic N) is 1. The molecule has 0 N–H and O–H groups in total. The van der Waals surface area contributed by atoms with Gasteiger partial charge in [-0.05, 0) is 55.2 Å². The van der Waals surface area contributed by atoms with Crippen LogP contribution in [0.5, 0.6) is 11.5 Å². The van der Waals surface area contributed by atoms with E-state index in [1.54, 1.807) is 27.2 Å². The standard InChI is InChI=1S/C20H23NO3/c1-13(22)16-11-17(20(24-4)19(12-16)23-3)14-7-8-18-15(10-14)6-5-9-21(18)2/h7-8,10-12H,5-6,9H2,1-4H3. The van der Waals surface area contributed by atoms with Crippen LogP contribution in [0.3, 0.4) is 0 Å². The van der Waals surface area contributed by atoms with Gasteiger partial charge in [-0.1, -0.05) is 6.07 Å². The van der Waals surface area contributed by atoms with E-state index in [-0.39, 0.29) is 5.78 Å². The molecule has 0 bridgehead atoms. The van der Waals surface area contributed by atoms with Crippen molar-refractivity contribution in [2.45, 2.75) is 19.8 Å². The first kappa shape index (κ1) is 16.4. The number of aryl methyl sites for hydroxylation is 1. The van der Waals surface area contributed by atoms with Crippen molar-refractivity contribution in [1.29, 1.82) is 0 Å². The maximum Gasteiger partial charge on any atom is 0.168 e. The lowest BCUT2D eigenvalue weighted by Crippen LogP contribution is -2.24. The summed E-state index contributed by atoms with van der Waals surface area (Å²) >= 11 is 0. The molecule has 4 nitrogen and oxygen atoms in total. The van der Waals surface area contributed by atoms with Crippen molar-refractivity contribution in [2.75, 3.05) is 32.7 Å². The van der Waals surface area contributed by atoms with Crippen LogP contribution in [-0.2, 0) is 6.42 Å². The van der Waals surface area contributed by atoms with Crippen molar-refractivity contribution in [1.82, 2.24) is 0 Å². The van der Waals surface area contributed by atoms with Crippen LogP contribution in [0.1, 0.15) is 29.3 Å². The second-order valence-electron chi connectivity index (χ2n) is 6.18. The predicted molar refractivity (Wildman–Crippen MR) is 96.6 cm³/mol. The molecule has 0 atom stereocenters. The first-order valence-electron chi connectivity index (χ1n) is 8.16. The number of ketones is 1. The largest absolute Gasteiger partial charge is 0.493 e. The van der Waals surface area contributed by atoms with Crippen molar-refractivity contribution in [3.05, 3.63) is 41.5 Å². The lowest BCUT2D eigenvalue weighted by molar-refractivity contribution is 0.101. The smallest absolute Gasteiger partial charge is 0.168 e. The molecule has 0 radical (unpaired) electrons. The molecule has 2 aromatic rings. The van der Waals surface area contributed by atoms with Gasteiger partial charge < -0.3 is 14.4 Å². The number of ether oxygens (including phenoxy) is 2. The molecule has 0 amide bonds. The Morgan fingerprint density at radius 3 is 2.58 bits per heavy atom. The molecule has 24 heavy (non-hydrogen) atoms. The Balaban J connectivity index is 2.18. The van der Waals surface area contributed by atoms with Gasteiger partial charge in [-0.25, -0.2) is 0 Å². The third kappa shape index (κ3) is 2.84. The van der Waals surface area contributed by atoms with Crippen LogP contribution in [0.4, 0.5) is 5.69 Å². The van der Waals surface area contributed by atoms with Crippen molar-refractivity contribution < 1.29 is 14.3 Å². The molecule has 2 aromatic carbocycles. The maximum atomic E-state index is 11.9. The van der Waals surface area contributed by atoms with E-state index in [9.17, 15) is 4.79 Å². The molecular weight excluding hydrogens is 302 g/mol. The van der Waals surface area contributed by atoms with Crippen LogP contribution >= 0.6 is 0 Å². The van der Waals surface area contributed by atoms with E-state index in [4.69, 9.17) is 9.47 Å². The molecule has 0 saturated carbocycles. The van der Waals surface area contributed by atoms with Crippen molar-refractivity contribution >= 4 is 11.5 Å². The predicted octanol–water partition coefficient (Wildman–Crippen LogP) is 3.96. The Bertz CT molecular complexity index is 783. The van der Waals surface area contributed by atoms with Crippen LogP contribution in [0.2, 0.25) is 0 Å². The Kier molecular flexibility index (Phi) is 4.47. The van der Waals surface area contributed by atoms with Gasteiger partial charge in [-0.2, -0.15) is 0 Å². The van der Waals surface area contributed by atoms with Crippen LogP contribution in [0.15, 0.2) is 30.3 Å². The number of rotatable bonds is 4. The van der Waals surface area contributed by atoms with Crippen LogP contribution < -0.4 is 14.4 Å². The number of fused-ring (bicyclic) bond motifs is 1. The number of benzene rings is 2. The highest BCUT2D eigenvalue weighted by Crippen LogP contribution is 2.41. The molecule has 0 aromatic heterocycles. The van der Waals surface area contributed by atoms with Gasteiger partial charge in [-0.15, -0.1) is 0 Å². The van der Waals surface area contributed by atoms with E-state index in [0.29, 0.717) is 17.1 Å². The van der Waals surface area contributed by atoms with Gasteiger partial charge in [0.25, 0.3) is 0 Å². The molecule has 0 aliphatic carbocycles. The van der Waals surface area contributed by atoms with E-state index in [2.05, 4.69) is 30.1 Å². The number of hydrogen-bond acceptors (Lipinski definition) is 4. The number of carbonyl (C=O) groups excluding carboxylic acids is 1. The second kappa shape index (κ2) is 6.56. The SMILES string of the molecule is COc1cc(C(C)=O)cc(-c2ccc3c(c2)CCCN3C)c1OC. The monoisotopic (exact) mass is 325 g/mol. The van der Waals surface area contributed by atoms with Crippen LogP contribution in [-0.4, -0.2) is 33.6 Å². The highest BCUT2D eigenvalue weighted by atomic mass is 16.5. The molecule has 0 fully saturated rings. The van der Waals surface area contributed by atoms with Gasteiger partial charge in [-0.3, -0.25) is 4.79 Å². The summed E-state index contributed by atoms with van der Waals surface area (Å²) < 4.78 is 11.0. The van der Waals surface area contributed by atoms with E-state index in [0.717, 1.165) is 30.5 Å². The van der Waals surface area contributed by atoms with Gasteiger partial charge in [0.2, 0.25) is 0 Å². The molecule has 126 valence electrons. The fourth-order valence-electron chi connectivity index (χ4n) is 3.33. The first-order valence-corrected chi connectivity index (χ1v) is 8.16. The van der Waals surface area contributed by atoms with E-state index < -0.39 is 0 Å². The molecule has 0 saturated heterocycles. The second-order valence-corrected chi connectivity index (χ2v) is 6.18. The fourth-order valence-corrected chi connectivity index (χ4v) is 3.33. The van der Waals surface area contributed by atoms with E-state index in [1.165, 1.54) is 11.3 Å². The zero-order chi connectivity index (χ0) is 17.3. The average Bonchev–Trinajstić information content (AvgIpc) is 2.60. The summed E-state index contributed by atoms with van der Waals surface area (Å²) in [5.74, 6) is 1.25. The third-order valence-electron chi connectivity index (χ3n) is 4.63. The summed E-state index contributed by atoms with van der Waals surface area (Å²) in [6.45, 7) is 2.65. The first-order chi connectivity index (χ1) is 11.5. The average molecular weight is 325 g/mol. The summed E-state index contributed by atoms with van der Waals surface area (Å²) in [5.41, 5.74) is 5.16. The minimum atomic E-state index is 0.00916. The zero-order valence-electron chi connectivity index (χ0n) is 14.7. The van der Waals surface area contributed by atoms with Gasteiger partial charge in [0.05, 0.1) is 14.2 Å². The fraction of sp³-hybridized carbons (Fsp3) is 0.350. The van der Waals surface area contributed by atoms with Crippen LogP contribution in [0, 0.1) is 0 Å².